The lowest BCUT2D eigenvalue weighted by Gasteiger charge is -2.13. The summed E-state index contributed by atoms with van der Waals surface area (Å²) in [7, 11) is 0. The molecule has 1 N–H and O–H groups in total. The van der Waals surface area contributed by atoms with E-state index in [9.17, 15) is 5.11 Å². The standard InChI is InChI=1S/C14H25NO/c1-5-6-12(4)9-15-8-7-13(10-15)14(16)11(2)3/h7-8,10-12,14,16H,5-6,9H2,1-4H3. The van der Waals surface area contributed by atoms with Gasteiger partial charge in [0.15, 0.2) is 0 Å². The highest BCUT2D eigenvalue weighted by Crippen LogP contribution is 2.22. The molecule has 1 aromatic rings. The van der Waals surface area contributed by atoms with E-state index in [4.69, 9.17) is 0 Å². The molecule has 92 valence electrons. The first-order chi connectivity index (χ1) is 7.54. The maximum atomic E-state index is 9.94. The normalized spacial score (nSPS) is 15.4. The second kappa shape index (κ2) is 6.09. The Balaban J connectivity index is 2.57. The fourth-order valence-electron chi connectivity index (χ4n) is 2.08. The molecule has 0 bridgehead atoms. The first kappa shape index (κ1) is 13.3. The first-order valence-corrected chi connectivity index (χ1v) is 6.38. The minimum Gasteiger partial charge on any atom is -0.388 e. The van der Waals surface area contributed by atoms with E-state index in [1.54, 1.807) is 0 Å². The lowest BCUT2D eigenvalue weighted by Crippen LogP contribution is -2.07. The SMILES string of the molecule is CCCC(C)Cn1ccc(C(O)C(C)C)c1. The quantitative estimate of drug-likeness (QED) is 0.783. The molecule has 0 saturated carbocycles. The van der Waals surface area contributed by atoms with E-state index in [1.807, 2.05) is 19.9 Å². The molecule has 2 heteroatoms. The van der Waals surface area contributed by atoms with Crippen molar-refractivity contribution in [3.05, 3.63) is 24.0 Å². The van der Waals surface area contributed by atoms with Crippen LogP contribution in [0.25, 0.3) is 0 Å². The Bertz CT molecular complexity index is 303. The van der Waals surface area contributed by atoms with Gasteiger partial charge < -0.3 is 9.67 Å². The molecule has 0 aromatic carbocycles. The third kappa shape index (κ3) is 3.67. The van der Waals surface area contributed by atoms with Crippen molar-refractivity contribution in [1.29, 1.82) is 0 Å². The number of nitrogens with zero attached hydrogens (tertiary/aromatic N) is 1. The molecular formula is C14H25NO. The van der Waals surface area contributed by atoms with Gasteiger partial charge in [-0.15, -0.1) is 0 Å². The molecule has 1 rings (SSSR count). The van der Waals surface area contributed by atoms with E-state index < -0.39 is 0 Å². The zero-order valence-electron chi connectivity index (χ0n) is 11.0. The molecule has 2 unspecified atom stereocenters. The van der Waals surface area contributed by atoms with E-state index in [0.29, 0.717) is 5.92 Å². The molecular weight excluding hydrogens is 198 g/mol. The lowest BCUT2D eigenvalue weighted by molar-refractivity contribution is 0.127. The summed E-state index contributed by atoms with van der Waals surface area (Å²) in [6.45, 7) is 9.64. The van der Waals surface area contributed by atoms with Gasteiger partial charge in [0.05, 0.1) is 6.10 Å². The molecule has 0 aliphatic carbocycles. The summed E-state index contributed by atoms with van der Waals surface area (Å²) in [5.41, 5.74) is 1.04. The summed E-state index contributed by atoms with van der Waals surface area (Å²) >= 11 is 0. The molecule has 0 radical (unpaired) electrons. The Hall–Kier alpha value is -0.760. The average molecular weight is 223 g/mol. The molecule has 16 heavy (non-hydrogen) atoms. The summed E-state index contributed by atoms with van der Waals surface area (Å²) in [6.07, 6.45) is 6.33. The number of hydrogen-bond donors (Lipinski definition) is 1. The van der Waals surface area contributed by atoms with Crippen LogP contribution in [0.5, 0.6) is 0 Å². The van der Waals surface area contributed by atoms with Crippen molar-refractivity contribution in [3.63, 3.8) is 0 Å². The van der Waals surface area contributed by atoms with E-state index in [0.717, 1.165) is 12.1 Å². The third-order valence-corrected chi connectivity index (χ3v) is 3.05. The molecule has 0 amide bonds. The van der Waals surface area contributed by atoms with Crippen LogP contribution >= 0.6 is 0 Å². The van der Waals surface area contributed by atoms with Crippen molar-refractivity contribution >= 4 is 0 Å². The van der Waals surface area contributed by atoms with Crippen molar-refractivity contribution in [1.82, 2.24) is 4.57 Å². The third-order valence-electron chi connectivity index (χ3n) is 3.05. The van der Waals surface area contributed by atoms with Gasteiger partial charge in [0.1, 0.15) is 0 Å². The van der Waals surface area contributed by atoms with Gasteiger partial charge in [-0.25, -0.2) is 0 Å². The lowest BCUT2D eigenvalue weighted by atomic mass is 10.0. The van der Waals surface area contributed by atoms with E-state index in [-0.39, 0.29) is 12.0 Å². The number of aliphatic hydroxyl groups is 1. The fourth-order valence-corrected chi connectivity index (χ4v) is 2.08. The Morgan fingerprint density at radius 1 is 1.31 bits per heavy atom. The smallest absolute Gasteiger partial charge is 0.0827 e. The topological polar surface area (TPSA) is 25.2 Å². The van der Waals surface area contributed by atoms with Crippen molar-refractivity contribution < 1.29 is 5.11 Å². The maximum Gasteiger partial charge on any atom is 0.0827 e. The highest BCUT2D eigenvalue weighted by molar-refractivity contribution is 5.14. The van der Waals surface area contributed by atoms with Crippen LogP contribution in [-0.2, 0) is 6.54 Å². The highest BCUT2D eigenvalue weighted by Gasteiger charge is 2.13. The van der Waals surface area contributed by atoms with Crippen LogP contribution in [0, 0.1) is 11.8 Å². The van der Waals surface area contributed by atoms with Crippen LogP contribution in [-0.4, -0.2) is 9.67 Å². The van der Waals surface area contributed by atoms with Crippen LogP contribution in [0.2, 0.25) is 0 Å². The number of hydrogen-bond acceptors (Lipinski definition) is 1. The number of aromatic nitrogens is 1. The van der Waals surface area contributed by atoms with E-state index in [2.05, 4.69) is 30.8 Å². The molecule has 0 aliphatic rings. The van der Waals surface area contributed by atoms with Gasteiger partial charge >= 0.3 is 0 Å². The molecule has 1 aromatic heterocycles. The van der Waals surface area contributed by atoms with Gasteiger partial charge in [-0.05, 0) is 29.9 Å². The van der Waals surface area contributed by atoms with Crippen LogP contribution in [0.4, 0.5) is 0 Å². The van der Waals surface area contributed by atoms with Crippen molar-refractivity contribution in [2.24, 2.45) is 11.8 Å². The minimum atomic E-state index is -0.331. The van der Waals surface area contributed by atoms with Gasteiger partial charge in [-0.2, -0.15) is 0 Å². The molecule has 2 nitrogen and oxygen atoms in total. The predicted molar refractivity (Wildman–Crippen MR) is 68.3 cm³/mol. The van der Waals surface area contributed by atoms with Crippen LogP contribution in [0.3, 0.4) is 0 Å². The first-order valence-electron chi connectivity index (χ1n) is 6.38. The summed E-state index contributed by atoms with van der Waals surface area (Å²) < 4.78 is 2.20. The molecule has 0 saturated heterocycles. The largest absolute Gasteiger partial charge is 0.388 e. The Morgan fingerprint density at radius 3 is 2.56 bits per heavy atom. The van der Waals surface area contributed by atoms with Gasteiger partial charge in [0.2, 0.25) is 0 Å². The zero-order chi connectivity index (χ0) is 12.1. The molecule has 0 fully saturated rings. The molecule has 0 spiro atoms. The van der Waals surface area contributed by atoms with Gasteiger partial charge in [0, 0.05) is 18.9 Å². The molecule has 2 atom stereocenters. The van der Waals surface area contributed by atoms with Gasteiger partial charge in [-0.1, -0.05) is 34.1 Å². The molecule has 0 aliphatic heterocycles. The number of rotatable bonds is 6. The molecule has 1 heterocycles. The number of aliphatic hydroxyl groups excluding tert-OH is 1. The Morgan fingerprint density at radius 2 is 2.00 bits per heavy atom. The van der Waals surface area contributed by atoms with Crippen LogP contribution in [0.15, 0.2) is 18.5 Å². The van der Waals surface area contributed by atoms with Crippen LogP contribution < -0.4 is 0 Å². The maximum absolute atomic E-state index is 9.94. The van der Waals surface area contributed by atoms with Crippen LogP contribution in [0.1, 0.15) is 52.2 Å². The predicted octanol–water partition coefficient (Wildman–Crippen LogP) is 3.61. The summed E-state index contributed by atoms with van der Waals surface area (Å²) in [5, 5.41) is 9.94. The Labute approximate surface area is 99.3 Å². The second-order valence-electron chi connectivity index (χ2n) is 5.22. The summed E-state index contributed by atoms with van der Waals surface area (Å²) in [6, 6.07) is 2.03. The second-order valence-corrected chi connectivity index (χ2v) is 5.22. The average Bonchev–Trinajstić information content (AvgIpc) is 2.65. The summed E-state index contributed by atoms with van der Waals surface area (Å²) in [5.74, 6) is 0.991. The Kier molecular flexibility index (Phi) is 5.07. The monoisotopic (exact) mass is 223 g/mol. The van der Waals surface area contributed by atoms with Crippen molar-refractivity contribution in [2.45, 2.75) is 53.2 Å². The zero-order valence-corrected chi connectivity index (χ0v) is 11.0. The fraction of sp³-hybridized carbons (Fsp3) is 0.714. The summed E-state index contributed by atoms with van der Waals surface area (Å²) in [4.78, 5) is 0. The van der Waals surface area contributed by atoms with E-state index >= 15 is 0 Å². The minimum absolute atomic E-state index is 0.281. The van der Waals surface area contributed by atoms with Gasteiger partial charge in [-0.3, -0.25) is 0 Å². The van der Waals surface area contributed by atoms with Gasteiger partial charge in [0.25, 0.3) is 0 Å². The van der Waals surface area contributed by atoms with Crippen molar-refractivity contribution in [2.75, 3.05) is 0 Å². The highest BCUT2D eigenvalue weighted by atomic mass is 16.3. The van der Waals surface area contributed by atoms with E-state index in [1.165, 1.54) is 12.8 Å². The van der Waals surface area contributed by atoms with Crippen molar-refractivity contribution in [3.8, 4) is 0 Å².